The van der Waals surface area contributed by atoms with Crippen molar-refractivity contribution in [2.24, 2.45) is 23.5 Å². The quantitative estimate of drug-likeness (QED) is 0.593. The largest absolute Gasteiger partial charge is 0.511 e. The first-order valence-electron chi connectivity index (χ1n) is 10.3. The molecule has 3 N–H and O–H groups in total. The van der Waals surface area contributed by atoms with E-state index in [9.17, 15) is 9.59 Å². The van der Waals surface area contributed by atoms with E-state index in [4.69, 9.17) is 10.8 Å². The number of aromatic nitrogens is 1. The maximum absolute atomic E-state index is 15.8. The zero-order chi connectivity index (χ0) is 21.2. The van der Waals surface area contributed by atoms with E-state index < -0.39 is 17.4 Å². The van der Waals surface area contributed by atoms with Crippen LogP contribution in [0.15, 0.2) is 35.3 Å². The molecule has 1 aromatic heterocycles. The average Bonchev–Trinajstić information content (AvgIpc) is 3.44. The van der Waals surface area contributed by atoms with Gasteiger partial charge >= 0.3 is 6.16 Å². The molecular formula is C22H24FN3O4. The zero-order valence-electron chi connectivity index (χ0n) is 16.6. The van der Waals surface area contributed by atoms with Gasteiger partial charge in [-0.3, -0.25) is 4.79 Å². The predicted octanol–water partition coefficient (Wildman–Crippen LogP) is 3.12. The lowest BCUT2D eigenvalue weighted by Gasteiger charge is -2.30. The summed E-state index contributed by atoms with van der Waals surface area (Å²) >= 11 is 0. The van der Waals surface area contributed by atoms with E-state index in [-0.39, 0.29) is 34.7 Å². The Morgan fingerprint density at radius 1 is 1.23 bits per heavy atom. The summed E-state index contributed by atoms with van der Waals surface area (Å²) in [5, 5.41) is 9.06. The lowest BCUT2D eigenvalue weighted by atomic mass is 9.77. The molecule has 0 radical (unpaired) electrons. The Labute approximate surface area is 172 Å². The highest BCUT2D eigenvalue weighted by Crippen LogP contribution is 2.42. The molecular weight excluding hydrogens is 389 g/mol. The third kappa shape index (κ3) is 2.98. The molecule has 30 heavy (non-hydrogen) atoms. The summed E-state index contributed by atoms with van der Waals surface area (Å²) in [5.74, 6) is 0.246. The first-order valence-corrected chi connectivity index (χ1v) is 10.3. The second kappa shape index (κ2) is 6.84. The van der Waals surface area contributed by atoms with Gasteiger partial charge in [0.1, 0.15) is 0 Å². The molecule has 3 aliphatic rings. The third-order valence-corrected chi connectivity index (χ3v) is 6.78. The first-order chi connectivity index (χ1) is 14.3. The normalized spacial score (nSPS) is 28.0. The number of carbonyl (C=O) groups is 1. The fraction of sp³-hybridized carbons (Fsp3) is 0.455. The standard InChI is InChI=1S/C22H24FN3O4/c1-11-2-6-16(24)15-9-25(8-14(11)15)17-7-5-13-20(19(17)23)26(12-3-4-12)10-18(21(13)27)30-22(28)29/h2,5-7,10-12,14-16H,3-4,8-9,24H2,1H3,(H,28,29). The maximum atomic E-state index is 15.8. The number of allylic oxidation sites excluding steroid dienone is 1. The lowest BCUT2D eigenvalue weighted by Crippen LogP contribution is -2.38. The van der Waals surface area contributed by atoms with Crippen LogP contribution >= 0.6 is 0 Å². The number of rotatable bonds is 3. The Balaban J connectivity index is 1.60. The Kier molecular flexibility index (Phi) is 4.36. The van der Waals surface area contributed by atoms with Crippen LogP contribution in [-0.2, 0) is 0 Å². The molecule has 158 valence electrons. The molecule has 2 fully saturated rings. The van der Waals surface area contributed by atoms with E-state index in [0.717, 1.165) is 12.8 Å². The van der Waals surface area contributed by atoms with Crippen molar-refractivity contribution >= 4 is 22.7 Å². The van der Waals surface area contributed by atoms with Crippen molar-refractivity contribution in [2.75, 3.05) is 18.0 Å². The molecule has 1 aliphatic heterocycles. The Hall–Kier alpha value is -2.87. The van der Waals surface area contributed by atoms with Gasteiger partial charge in [0.25, 0.3) is 0 Å². The van der Waals surface area contributed by atoms with Crippen molar-refractivity contribution < 1.29 is 19.0 Å². The lowest BCUT2D eigenvalue weighted by molar-refractivity contribution is 0.143. The third-order valence-electron chi connectivity index (χ3n) is 6.78. The van der Waals surface area contributed by atoms with Crippen LogP contribution in [0, 0.1) is 23.6 Å². The first kappa shape index (κ1) is 19.1. The van der Waals surface area contributed by atoms with Crippen molar-refractivity contribution in [1.29, 1.82) is 0 Å². The highest BCUT2D eigenvalue weighted by atomic mass is 19.1. The number of pyridine rings is 1. The number of nitrogens with zero attached hydrogens (tertiary/aromatic N) is 2. The Morgan fingerprint density at radius 2 is 1.97 bits per heavy atom. The van der Waals surface area contributed by atoms with Crippen molar-refractivity contribution in [3.63, 3.8) is 0 Å². The number of hydrogen-bond acceptors (Lipinski definition) is 5. The van der Waals surface area contributed by atoms with Gasteiger partial charge in [0, 0.05) is 31.1 Å². The number of benzene rings is 1. The van der Waals surface area contributed by atoms with Crippen LogP contribution in [0.3, 0.4) is 0 Å². The number of fused-ring (bicyclic) bond motifs is 2. The number of hydrogen-bond donors (Lipinski definition) is 2. The van der Waals surface area contributed by atoms with Gasteiger partial charge in [-0.2, -0.15) is 0 Å². The number of anilines is 1. The Bertz CT molecular complexity index is 1100. The number of halogens is 1. The predicted molar refractivity (Wildman–Crippen MR) is 111 cm³/mol. The van der Waals surface area contributed by atoms with Gasteiger partial charge in [0.05, 0.1) is 22.8 Å². The van der Waals surface area contributed by atoms with Crippen molar-refractivity contribution in [3.05, 3.63) is 46.5 Å². The molecule has 0 bridgehead atoms. The van der Waals surface area contributed by atoms with Gasteiger partial charge in [-0.05, 0) is 36.8 Å². The molecule has 5 rings (SSSR count). The summed E-state index contributed by atoms with van der Waals surface area (Å²) in [6.07, 6.45) is 5.64. The second-order valence-corrected chi connectivity index (χ2v) is 8.68. The van der Waals surface area contributed by atoms with Gasteiger partial charge in [0.2, 0.25) is 5.43 Å². The van der Waals surface area contributed by atoms with E-state index >= 15 is 4.39 Å². The van der Waals surface area contributed by atoms with Crippen LogP contribution in [0.5, 0.6) is 5.75 Å². The van der Waals surface area contributed by atoms with Crippen LogP contribution in [0.25, 0.3) is 10.9 Å². The highest BCUT2D eigenvalue weighted by molar-refractivity contribution is 5.85. The molecule has 7 nitrogen and oxygen atoms in total. The molecule has 2 aromatic rings. The van der Waals surface area contributed by atoms with Crippen LogP contribution in [-0.4, -0.2) is 35.0 Å². The molecule has 1 aromatic carbocycles. The van der Waals surface area contributed by atoms with E-state index in [1.165, 1.54) is 6.20 Å². The SMILES string of the molecule is CC1C=CC(N)C2CN(c3ccc4c(=O)c(OC(=O)O)cn(C5CC5)c4c3F)CC12. The minimum absolute atomic E-state index is 0.0350. The summed E-state index contributed by atoms with van der Waals surface area (Å²) in [6, 6.07) is 3.18. The summed E-state index contributed by atoms with van der Waals surface area (Å²) < 4.78 is 22.1. The van der Waals surface area contributed by atoms with E-state index in [1.807, 2.05) is 11.0 Å². The topological polar surface area (TPSA) is 97.8 Å². The van der Waals surface area contributed by atoms with Gasteiger partial charge < -0.3 is 25.0 Å². The van der Waals surface area contributed by atoms with Gasteiger partial charge in [0.15, 0.2) is 11.6 Å². The number of ether oxygens (including phenoxy) is 1. The number of carboxylic acid groups (broad SMARTS) is 1. The summed E-state index contributed by atoms with van der Waals surface area (Å²) in [4.78, 5) is 25.7. The van der Waals surface area contributed by atoms with Crippen molar-refractivity contribution in [3.8, 4) is 5.75 Å². The van der Waals surface area contributed by atoms with Crippen LogP contribution in [0.1, 0.15) is 25.8 Å². The molecule has 4 atom stereocenters. The smallest absolute Gasteiger partial charge is 0.449 e. The molecule has 4 unspecified atom stereocenters. The summed E-state index contributed by atoms with van der Waals surface area (Å²) in [7, 11) is 0. The van der Waals surface area contributed by atoms with E-state index in [2.05, 4.69) is 17.7 Å². The van der Waals surface area contributed by atoms with Crippen molar-refractivity contribution in [1.82, 2.24) is 4.57 Å². The molecule has 0 amide bonds. The fourth-order valence-corrected chi connectivity index (χ4v) is 5.03. The van der Waals surface area contributed by atoms with E-state index in [0.29, 0.717) is 30.6 Å². The average molecular weight is 413 g/mol. The number of nitrogens with two attached hydrogens (primary N) is 1. The molecule has 1 saturated carbocycles. The maximum Gasteiger partial charge on any atom is 0.511 e. The summed E-state index contributed by atoms with van der Waals surface area (Å²) in [6.45, 7) is 3.53. The summed E-state index contributed by atoms with van der Waals surface area (Å²) in [5.41, 5.74) is 6.33. The second-order valence-electron chi connectivity index (χ2n) is 8.68. The molecule has 1 saturated heterocycles. The van der Waals surface area contributed by atoms with Crippen LogP contribution < -0.4 is 20.8 Å². The van der Waals surface area contributed by atoms with Gasteiger partial charge in [-0.25, -0.2) is 9.18 Å². The minimum Gasteiger partial charge on any atom is -0.449 e. The minimum atomic E-state index is -1.57. The van der Waals surface area contributed by atoms with Gasteiger partial charge in [-0.1, -0.05) is 19.1 Å². The van der Waals surface area contributed by atoms with Gasteiger partial charge in [-0.15, -0.1) is 0 Å². The molecule has 8 heteroatoms. The molecule has 2 heterocycles. The monoisotopic (exact) mass is 413 g/mol. The molecule has 0 spiro atoms. The van der Waals surface area contributed by atoms with Crippen molar-refractivity contribution in [2.45, 2.75) is 31.8 Å². The zero-order valence-corrected chi connectivity index (χ0v) is 16.6. The van der Waals surface area contributed by atoms with Crippen LogP contribution in [0.4, 0.5) is 14.9 Å². The molecule has 2 aliphatic carbocycles. The highest BCUT2D eigenvalue weighted by Gasteiger charge is 2.41. The van der Waals surface area contributed by atoms with Crippen LogP contribution in [0.2, 0.25) is 0 Å². The Morgan fingerprint density at radius 3 is 2.63 bits per heavy atom. The van der Waals surface area contributed by atoms with E-state index in [1.54, 1.807) is 16.7 Å². The fourth-order valence-electron chi connectivity index (χ4n) is 5.03.